The van der Waals surface area contributed by atoms with E-state index in [9.17, 15) is 19.1 Å². The van der Waals surface area contributed by atoms with E-state index in [-0.39, 0.29) is 16.5 Å². The molecule has 2 fully saturated rings. The molecule has 9 heteroatoms. The van der Waals surface area contributed by atoms with Crippen molar-refractivity contribution in [2.45, 2.75) is 29.5 Å². The lowest BCUT2D eigenvalue weighted by atomic mass is 10.0. The molecule has 130 valence electrons. The van der Waals surface area contributed by atoms with Crippen LogP contribution < -0.4 is 0 Å². The third-order valence-corrected chi connectivity index (χ3v) is 7.61. The Morgan fingerprint density at radius 3 is 2.42 bits per heavy atom. The van der Waals surface area contributed by atoms with Crippen LogP contribution in [0.25, 0.3) is 0 Å². The van der Waals surface area contributed by atoms with E-state index in [1.165, 1.54) is 12.1 Å². The molecule has 1 aromatic rings. The second-order valence-electron chi connectivity index (χ2n) is 5.89. The summed E-state index contributed by atoms with van der Waals surface area (Å²) in [6.07, 6.45) is 1.58. The Bertz CT molecular complexity index is 672. The first-order valence-corrected chi connectivity index (χ1v) is 9.86. The number of rotatable bonds is 3. The number of carbonyl (C=O) groups excluding carboxylic acids is 1. The Balaban J connectivity index is 1.67. The van der Waals surface area contributed by atoms with Gasteiger partial charge in [-0.3, -0.25) is 14.9 Å². The Kier molecular flexibility index (Phi) is 4.93. The summed E-state index contributed by atoms with van der Waals surface area (Å²) in [6.45, 7) is 3.67. The summed E-state index contributed by atoms with van der Waals surface area (Å²) in [6, 6.07) is 5.85. The predicted molar refractivity (Wildman–Crippen MR) is 92.9 cm³/mol. The quantitative estimate of drug-likeness (QED) is 0.601. The average molecular weight is 369 g/mol. The fourth-order valence-corrected chi connectivity index (χ4v) is 5.98. The van der Waals surface area contributed by atoms with E-state index < -0.39 is 15.9 Å². The summed E-state index contributed by atoms with van der Waals surface area (Å²) in [7, 11) is -1.33. The van der Waals surface area contributed by atoms with Crippen LogP contribution in [0.2, 0.25) is 0 Å². The lowest BCUT2D eigenvalue weighted by Gasteiger charge is -2.43. The van der Waals surface area contributed by atoms with E-state index in [2.05, 4.69) is 0 Å². The van der Waals surface area contributed by atoms with Crippen molar-refractivity contribution in [3.8, 4) is 0 Å². The maximum Gasteiger partial charge on any atom is 0.269 e. The van der Waals surface area contributed by atoms with Crippen molar-refractivity contribution in [3.63, 3.8) is 0 Å². The summed E-state index contributed by atoms with van der Waals surface area (Å²) >= 11 is 1.82. The van der Waals surface area contributed by atoms with Crippen molar-refractivity contribution < 1.29 is 13.9 Å². The first kappa shape index (κ1) is 17.4. The molecular formula is C15H19N3O4S2. The molecule has 2 heterocycles. The minimum Gasteiger partial charge on any atom is -0.327 e. The molecule has 1 amide bonds. The number of amides is 1. The van der Waals surface area contributed by atoms with Crippen LogP contribution in [-0.2, 0) is 15.8 Å². The zero-order valence-corrected chi connectivity index (χ0v) is 15.0. The number of benzene rings is 1. The molecule has 3 rings (SSSR count). The monoisotopic (exact) mass is 369 g/mol. The van der Waals surface area contributed by atoms with E-state index in [4.69, 9.17) is 0 Å². The number of non-ortho nitro benzene ring substituents is 1. The van der Waals surface area contributed by atoms with Crippen molar-refractivity contribution in [2.24, 2.45) is 0 Å². The van der Waals surface area contributed by atoms with Crippen LogP contribution in [0, 0.1) is 10.1 Å². The summed E-state index contributed by atoms with van der Waals surface area (Å²) in [5.74, 6) is 1.05. The highest BCUT2D eigenvalue weighted by Crippen LogP contribution is 2.44. The number of nitro groups is 1. The predicted octanol–water partition coefficient (Wildman–Crippen LogP) is 2.00. The molecule has 0 N–H and O–H groups in total. The molecule has 1 unspecified atom stereocenters. The Hall–Kier alpha value is -1.45. The number of hydrogen-bond donors (Lipinski definition) is 0. The van der Waals surface area contributed by atoms with Gasteiger partial charge in [-0.15, -0.1) is 11.8 Å². The number of nitro benzene ring substituents is 1. The maximum atomic E-state index is 12.7. The number of piperidine rings is 1. The topological polar surface area (TPSA) is 83.8 Å². The number of thioether (sulfide) groups is 1. The summed E-state index contributed by atoms with van der Waals surface area (Å²) in [5, 5.41) is 10.7. The molecule has 7 nitrogen and oxygen atoms in total. The average Bonchev–Trinajstić information content (AvgIpc) is 2.98. The van der Waals surface area contributed by atoms with Gasteiger partial charge < -0.3 is 4.90 Å². The van der Waals surface area contributed by atoms with Gasteiger partial charge in [-0.1, -0.05) is 0 Å². The molecule has 24 heavy (non-hydrogen) atoms. The normalized spacial score (nSPS) is 21.8. The van der Waals surface area contributed by atoms with Gasteiger partial charge in [0.15, 0.2) is 0 Å². The molecule has 0 bridgehead atoms. The number of carbonyl (C=O) groups is 1. The highest BCUT2D eigenvalue weighted by atomic mass is 32.2. The van der Waals surface area contributed by atoms with Crippen LogP contribution >= 0.6 is 11.8 Å². The zero-order valence-electron chi connectivity index (χ0n) is 13.3. The standard InChI is InChI=1S/C15H19N3O4S2/c1-12(19)17-10-11-23-15(17)6-8-16(9-7-15)24(22)14-4-2-13(3-5-14)18(20)21/h2-5H,6-11H2,1H3. The third kappa shape index (κ3) is 3.20. The molecule has 2 aliphatic heterocycles. The van der Waals surface area contributed by atoms with E-state index in [0.717, 1.165) is 25.1 Å². The minimum absolute atomic E-state index is 0.00666. The number of nitrogens with zero attached hydrogens (tertiary/aromatic N) is 3. The number of hydrogen-bond acceptors (Lipinski definition) is 5. The molecule has 0 radical (unpaired) electrons. The first-order chi connectivity index (χ1) is 11.4. The van der Waals surface area contributed by atoms with Gasteiger partial charge in [0.2, 0.25) is 5.91 Å². The fourth-order valence-electron chi connectivity index (χ4n) is 3.30. The van der Waals surface area contributed by atoms with Gasteiger partial charge in [0.05, 0.1) is 14.7 Å². The Morgan fingerprint density at radius 2 is 1.88 bits per heavy atom. The largest absolute Gasteiger partial charge is 0.327 e. The second-order valence-corrected chi connectivity index (χ2v) is 8.84. The lowest BCUT2D eigenvalue weighted by Crippen LogP contribution is -2.52. The zero-order chi connectivity index (χ0) is 17.3. The van der Waals surface area contributed by atoms with Crippen molar-refractivity contribution >= 4 is 34.3 Å². The van der Waals surface area contributed by atoms with Gasteiger partial charge in [-0.2, -0.15) is 0 Å². The van der Waals surface area contributed by atoms with E-state index >= 15 is 0 Å². The van der Waals surface area contributed by atoms with Gasteiger partial charge in [-0.25, -0.2) is 8.51 Å². The maximum absolute atomic E-state index is 12.7. The van der Waals surface area contributed by atoms with Gasteiger partial charge in [0.1, 0.15) is 11.0 Å². The minimum atomic E-state index is -1.33. The smallest absolute Gasteiger partial charge is 0.269 e. The van der Waals surface area contributed by atoms with Crippen LogP contribution in [0.4, 0.5) is 5.69 Å². The first-order valence-electron chi connectivity index (χ1n) is 7.76. The summed E-state index contributed by atoms with van der Waals surface area (Å²) < 4.78 is 14.6. The third-order valence-electron chi connectivity index (χ3n) is 4.55. The molecule has 0 aliphatic carbocycles. The SMILES string of the molecule is CC(=O)N1CCSC12CCN(S(=O)c1ccc([N+](=O)[O-])cc1)CC2. The van der Waals surface area contributed by atoms with Crippen LogP contribution in [0.5, 0.6) is 0 Å². The fraction of sp³-hybridized carbons (Fsp3) is 0.533. The molecule has 0 aromatic heterocycles. The van der Waals surface area contributed by atoms with Gasteiger partial charge in [-0.05, 0) is 25.0 Å². The molecule has 0 saturated carbocycles. The molecule has 1 spiro atoms. The molecular weight excluding hydrogens is 350 g/mol. The van der Waals surface area contributed by atoms with Gasteiger partial charge in [0, 0.05) is 44.4 Å². The molecule has 2 saturated heterocycles. The van der Waals surface area contributed by atoms with E-state index in [1.807, 2.05) is 21.0 Å². The summed E-state index contributed by atoms with van der Waals surface area (Å²) in [4.78, 5) is 24.4. The lowest BCUT2D eigenvalue weighted by molar-refractivity contribution is -0.384. The van der Waals surface area contributed by atoms with Crippen LogP contribution in [0.3, 0.4) is 0 Å². The van der Waals surface area contributed by atoms with Crippen LogP contribution in [-0.4, -0.2) is 54.5 Å². The molecule has 2 aliphatic rings. The second kappa shape index (κ2) is 6.81. The van der Waals surface area contributed by atoms with Crippen LogP contribution in [0.15, 0.2) is 29.2 Å². The van der Waals surface area contributed by atoms with Crippen molar-refractivity contribution in [1.82, 2.24) is 9.21 Å². The van der Waals surface area contributed by atoms with Crippen molar-refractivity contribution in [2.75, 3.05) is 25.4 Å². The highest BCUT2D eigenvalue weighted by Gasteiger charge is 2.46. The highest BCUT2D eigenvalue weighted by molar-refractivity contribution is 8.00. The van der Waals surface area contributed by atoms with Gasteiger partial charge >= 0.3 is 0 Å². The molecule has 1 aromatic carbocycles. The van der Waals surface area contributed by atoms with Gasteiger partial charge in [0.25, 0.3) is 5.69 Å². The molecule has 1 atom stereocenters. The van der Waals surface area contributed by atoms with E-state index in [0.29, 0.717) is 18.0 Å². The van der Waals surface area contributed by atoms with Crippen molar-refractivity contribution in [3.05, 3.63) is 34.4 Å². The van der Waals surface area contributed by atoms with E-state index in [1.54, 1.807) is 19.1 Å². The van der Waals surface area contributed by atoms with Crippen molar-refractivity contribution in [1.29, 1.82) is 0 Å². The summed E-state index contributed by atoms with van der Waals surface area (Å²) in [5.41, 5.74) is -0.00666. The van der Waals surface area contributed by atoms with Crippen LogP contribution in [0.1, 0.15) is 19.8 Å². The Morgan fingerprint density at radius 1 is 1.25 bits per heavy atom. The Labute approximate surface area is 147 Å².